The molecule has 0 heterocycles. The van der Waals surface area contributed by atoms with Crippen LogP contribution in [0.5, 0.6) is 0 Å². The molecule has 0 unspecified atom stereocenters. The van der Waals surface area contributed by atoms with Gasteiger partial charge in [0.15, 0.2) is 0 Å². The normalized spacial score (nSPS) is 28.4. The molecule has 0 radical (unpaired) electrons. The Kier molecular flexibility index (Phi) is 2.97. The van der Waals surface area contributed by atoms with Gasteiger partial charge < -0.3 is 10.2 Å². The lowest BCUT2D eigenvalue weighted by Crippen LogP contribution is -2.46. The van der Waals surface area contributed by atoms with E-state index in [1.165, 1.54) is 0 Å². The van der Waals surface area contributed by atoms with E-state index in [2.05, 4.69) is 0 Å². The van der Waals surface area contributed by atoms with Crippen LogP contribution in [0.3, 0.4) is 0 Å². The molecule has 0 bridgehead atoms. The van der Waals surface area contributed by atoms with Gasteiger partial charge in [-0.05, 0) is 30.7 Å². The largest absolute Gasteiger partial charge is 0.481 e. The van der Waals surface area contributed by atoms with Crippen molar-refractivity contribution in [3.8, 4) is 0 Å². The first kappa shape index (κ1) is 11.1. The van der Waals surface area contributed by atoms with Crippen LogP contribution in [0.4, 0.5) is 0 Å². The molecule has 1 aromatic rings. The van der Waals surface area contributed by atoms with Gasteiger partial charge in [0.25, 0.3) is 0 Å². The highest BCUT2D eigenvalue weighted by molar-refractivity contribution is 5.76. The number of benzene rings is 1. The lowest BCUT2D eigenvalue weighted by molar-refractivity contribution is -0.159. The number of rotatable bonds is 4. The number of carbonyl (C=O) groups is 1. The van der Waals surface area contributed by atoms with Crippen molar-refractivity contribution in [1.82, 2.24) is 0 Å². The summed E-state index contributed by atoms with van der Waals surface area (Å²) in [7, 11) is 0. The van der Waals surface area contributed by atoms with Gasteiger partial charge in [-0.3, -0.25) is 4.79 Å². The molecular weight excluding hydrogens is 204 g/mol. The Balaban J connectivity index is 2.09. The van der Waals surface area contributed by atoms with Gasteiger partial charge in [-0.2, -0.15) is 0 Å². The predicted octanol–water partition coefficient (Wildman–Crippen LogP) is 1.70. The fourth-order valence-corrected chi connectivity index (χ4v) is 2.56. The van der Waals surface area contributed by atoms with Crippen molar-refractivity contribution in [3.63, 3.8) is 0 Å². The lowest BCUT2D eigenvalue weighted by atomic mass is 9.59. The Morgan fingerprint density at radius 1 is 1.31 bits per heavy atom. The molecule has 0 amide bonds. The van der Waals surface area contributed by atoms with Crippen LogP contribution in [-0.4, -0.2) is 22.8 Å². The van der Waals surface area contributed by atoms with Crippen molar-refractivity contribution in [2.45, 2.75) is 19.3 Å². The van der Waals surface area contributed by atoms with Gasteiger partial charge in [-0.25, -0.2) is 0 Å². The van der Waals surface area contributed by atoms with E-state index in [4.69, 9.17) is 5.11 Å². The number of hydrogen-bond acceptors (Lipinski definition) is 2. The minimum absolute atomic E-state index is 0.101. The van der Waals surface area contributed by atoms with Crippen LogP contribution < -0.4 is 0 Å². The van der Waals surface area contributed by atoms with Crippen LogP contribution in [0.25, 0.3) is 0 Å². The first-order chi connectivity index (χ1) is 7.66. The van der Waals surface area contributed by atoms with Gasteiger partial charge in [0.1, 0.15) is 0 Å². The van der Waals surface area contributed by atoms with Gasteiger partial charge in [0.05, 0.1) is 5.41 Å². The number of hydrogen-bond donors (Lipinski definition) is 2. The Labute approximate surface area is 94.7 Å². The van der Waals surface area contributed by atoms with Crippen LogP contribution in [0.1, 0.15) is 18.4 Å². The SMILES string of the molecule is O=C(O)C1(Cc2ccccc2)CC(CO)C1. The second-order valence-electron chi connectivity index (χ2n) is 4.70. The molecule has 1 fully saturated rings. The molecule has 3 heteroatoms. The first-order valence-electron chi connectivity index (χ1n) is 5.54. The van der Waals surface area contributed by atoms with Gasteiger partial charge in [-0.1, -0.05) is 30.3 Å². The van der Waals surface area contributed by atoms with E-state index in [0.29, 0.717) is 19.3 Å². The predicted molar refractivity (Wildman–Crippen MR) is 60.0 cm³/mol. The summed E-state index contributed by atoms with van der Waals surface area (Å²) in [6.07, 6.45) is 1.75. The third-order valence-electron chi connectivity index (χ3n) is 3.46. The average molecular weight is 220 g/mol. The zero-order valence-electron chi connectivity index (χ0n) is 9.10. The average Bonchev–Trinajstić information content (AvgIpc) is 2.23. The molecule has 2 rings (SSSR count). The molecule has 0 spiro atoms. The molecule has 1 aliphatic carbocycles. The number of aliphatic hydroxyl groups is 1. The van der Waals surface area contributed by atoms with Crippen molar-refractivity contribution >= 4 is 5.97 Å². The quantitative estimate of drug-likeness (QED) is 0.812. The third-order valence-corrected chi connectivity index (χ3v) is 3.46. The lowest BCUT2D eigenvalue weighted by Gasteiger charge is -2.43. The summed E-state index contributed by atoms with van der Waals surface area (Å²) >= 11 is 0. The van der Waals surface area contributed by atoms with E-state index >= 15 is 0 Å². The topological polar surface area (TPSA) is 57.5 Å². The standard InChI is InChI=1S/C13H16O3/c14-9-11-7-13(8-11,12(15)16)6-10-4-2-1-3-5-10/h1-5,11,14H,6-9H2,(H,15,16). The van der Waals surface area contributed by atoms with Crippen molar-refractivity contribution < 1.29 is 15.0 Å². The molecule has 0 saturated heterocycles. The molecular formula is C13H16O3. The monoisotopic (exact) mass is 220 g/mol. The summed E-state index contributed by atoms with van der Waals surface area (Å²) in [6.45, 7) is 0.101. The van der Waals surface area contributed by atoms with Crippen molar-refractivity contribution in [2.75, 3.05) is 6.61 Å². The molecule has 1 aliphatic rings. The highest BCUT2D eigenvalue weighted by Crippen LogP contribution is 2.47. The summed E-state index contributed by atoms with van der Waals surface area (Å²) in [6, 6.07) is 9.68. The summed E-state index contributed by atoms with van der Waals surface area (Å²) in [5, 5.41) is 18.2. The van der Waals surface area contributed by atoms with Gasteiger partial charge in [0.2, 0.25) is 0 Å². The highest BCUT2D eigenvalue weighted by atomic mass is 16.4. The zero-order chi connectivity index (χ0) is 11.6. The molecule has 0 atom stereocenters. The summed E-state index contributed by atoms with van der Waals surface area (Å²) in [5.74, 6) is -0.569. The number of aliphatic carboxylic acids is 1. The van der Waals surface area contributed by atoms with Crippen LogP contribution in [0.2, 0.25) is 0 Å². The third kappa shape index (κ3) is 1.95. The Morgan fingerprint density at radius 2 is 1.94 bits per heavy atom. The van der Waals surface area contributed by atoms with Crippen LogP contribution in [0, 0.1) is 11.3 Å². The first-order valence-corrected chi connectivity index (χ1v) is 5.54. The summed E-state index contributed by atoms with van der Waals surface area (Å²) in [5.41, 5.74) is 0.413. The zero-order valence-corrected chi connectivity index (χ0v) is 9.10. The second kappa shape index (κ2) is 4.26. The Hall–Kier alpha value is -1.35. The Bertz CT molecular complexity index is 366. The van der Waals surface area contributed by atoms with Crippen molar-refractivity contribution in [2.24, 2.45) is 11.3 Å². The van der Waals surface area contributed by atoms with E-state index < -0.39 is 11.4 Å². The van der Waals surface area contributed by atoms with Crippen molar-refractivity contribution in [3.05, 3.63) is 35.9 Å². The molecule has 16 heavy (non-hydrogen) atoms. The number of aliphatic hydroxyl groups excluding tert-OH is 1. The minimum atomic E-state index is -0.735. The van der Waals surface area contributed by atoms with Crippen LogP contribution in [-0.2, 0) is 11.2 Å². The Morgan fingerprint density at radius 3 is 2.44 bits per heavy atom. The van der Waals surface area contributed by atoms with E-state index in [-0.39, 0.29) is 12.5 Å². The second-order valence-corrected chi connectivity index (χ2v) is 4.70. The van der Waals surface area contributed by atoms with Crippen LogP contribution >= 0.6 is 0 Å². The minimum Gasteiger partial charge on any atom is -0.481 e. The summed E-state index contributed by atoms with van der Waals surface area (Å²) < 4.78 is 0. The van der Waals surface area contributed by atoms with Crippen LogP contribution in [0.15, 0.2) is 30.3 Å². The van der Waals surface area contributed by atoms with Gasteiger partial charge in [0, 0.05) is 6.61 Å². The maximum atomic E-state index is 11.3. The molecule has 1 aromatic carbocycles. The van der Waals surface area contributed by atoms with E-state index in [1.807, 2.05) is 30.3 Å². The van der Waals surface area contributed by atoms with Gasteiger partial charge >= 0.3 is 5.97 Å². The smallest absolute Gasteiger partial charge is 0.309 e. The molecule has 0 aromatic heterocycles. The van der Waals surface area contributed by atoms with Gasteiger partial charge in [-0.15, -0.1) is 0 Å². The number of carboxylic acid groups (broad SMARTS) is 1. The molecule has 86 valence electrons. The summed E-state index contributed by atoms with van der Waals surface area (Å²) in [4.78, 5) is 11.3. The molecule has 1 saturated carbocycles. The van der Waals surface area contributed by atoms with E-state index in [9.17, 15) is 9.90 Å². The number of carboxylic acids is 1. The van der Waals surface area contributed by atoms with Crippen molar-refractivity contribution in [1.29, 1.82) is 0 Å². The maximum absolute atomic E-state index is 11.3. The highest BCUT2D eigenvalue weighted by Gasteiger charge is 2.49. The maximum Gasteiger partial charge on any atom is 0.309 e. The van der Waals surface area contributed by atoms with E-state index in [1.54, 1.807) is 0 Å². The molecule has 3 nitrogen and oxygen atoms in total. The molecule has 2 N–H and O–H groups in total. The van der Waals surface area contributed by atoms with E-state index in [0.717, 1.165) is 5.56 Å². The fourth-order valence-electron chi connectivity index (χ4n) is 2.56. The molecule has 0 aliphatic heterocycles. The fraction of sp³-hybridized carbons (Fsp3) is 0.462.